The van der Waals surface area contributed by atoms with Crippen LogP contribution in [0.5, 0.6) is 5.75 Å². The zero-order valence-electron chi connectivity index (χ0n) is 11.3. The van der Waals surface area contributed by atoms with Gasteiger partial charge >= 0.3 is 0 Å². The molecule has 2 rings (SSSR count). The predicted molar refractivity (Wildman–Crippen MR) is 75.3 cm³/mol. The lowest BCUT2D eigenvalue weighted by atomic mass is 9.89. The Morgan fingerprint density at radius 3 is 2.79 bits per heavy atom. The summed E-state index contributed by atoms with van der Waals surface area (Å²) in [4.78, 5) is 11.9. The molecule has 0 spiro atoms. The Hall–Kier alpha value is -1.84. The fourth-order valence-corrected chi connectivity index (χ4v) is 2.39. The molecule has 4 nitrogen and oxygen atoms in total. The summed E-state index contributed by atoms with van der Waals surface area (Å²) in [6.45, 7) is 0. The van der Waals surface area contributed by atoms with Crippen LogP contribution in [0.15, 0.2) is 29.4 Å². The van der Waals surface area contributed by atoms with Crippen molar-refractivity contribution < 1.29 is 9.53 Å². The van der Waals surface area contributed by atoms with Gasteiger partial charge in [0.25, 0.3) is 0 Å². The van der Waals surface area contributed by atoms with E-state index in [1.807, 2.05) is 24.3 Å². The second-order valence-electron chi connectivity index (χ2n) is 4.81. The quantitative estimate of drug-likeness (QED) is 0.668. The monoisotopic (exact) mass is 260 g/mol. The topological polar surface area (TPSA) is 50.7 Å². The molecule has 4 heteroatoms. The number of hydrazone groups is 1. The van der Waals surface area contributed by atoms with E-state index in [-0.39, 0.29) is 11.8 Å². The molecule has 0 aromatic heterocycles. The summed E-state index contributed by atoms with van der Waals surface area (Å²) in [6.07, 6.45) is 7.13. The molecule has 102 valence electrons. The number of nitrogens with zero attached hydrogens (tertiary/aromatic N) is 1. The molecule has 1 amide bonds. The molecule has 1 N–H and O–H groups in total. The van der Waals surface area contributed by atoms with Gasteiger partial charge in [-0.05, 0) is 25.0 Å². The lowest BCUT2D eigenvalue weighted by molar-refractivity contribution is -0.125. The van der Waals surface area contributed by atoms with Crippen LogP contribution in [-0.2, 0) is 4.79 Å². The molecule has 0 atom stereocenters. The summed E-state index contributed by atoms with van der Waals surface area (Å²) in [5.41, 5.74) is 3.48. The number of para-hydroxylation sites is 1. The maximum absolute atomic E-state index is 11.9. The minimum Gasteiger partial charge on any atom is -0.496 e. The van der Waals surface area contributed by atoms with Gasteiger partial charge in [0.05, 0.1) is 13.3 Å². The SMILES string of the molecule is COc1ccccc1C=NNC(=O)C1CCCCC1. The van der Waals surface area contributed by atoms with Gasteiger partial charge in [-0.1, -0.05) is 31.4 Å². The highest BCUT2D eigenvalue weighted by Crippen LogP contribution is 2.23. The minimum atomic E-state index is 0.0332. The Labute approximate surface area is 113 Å². The van der Waals surface area contributed by atoms with Gasteiger partial charge in [0.2, 0.25) is 5.91 Å². The zero-order valence-corrected chi connectivity index (χ0v) is 11.3. The first-order valence-corrected chi connectivity index (χ1v) is 6.77. The molecular formula is C15H20N2O2. The summed E-state index contributed by atoms with van der Waals surface area (Å²) in [5.74, 6) is 0.910. The van der Waals surface area contributed by atoms with Crippen LogP contribution in [0.1, 0.15) is 37.7 Å². The largest absolute Gasteiger partial charge is 0.496 e. The van der Waals surface area contributed by atoms with Crippen LogP contribution in [0.4, 0.5) is 0 Å². The first kappa shape index (κ1) is 13.6. The number of carbonyl (C=O) groups is 1. The Balaban J connectivity index is 1.90. The molecule has 1 fully saturated rings. The van der Waals surface area contributed by atoms with Crippen LogP contribution in [0.25, 0.3) is 0 Å². The zero-order chi connectivity index (χ0) is 13.5. The van der Waals surface area contributed by atoms with Crippen molar-refractivity contribution in [3.63, 3.8) is 0 Å². The number of benzene rings is 1. The van der Waals surface area contributed by atoms with Crippen LogP contribution in [-0.4, -0.2) is 19.2 Å². The van der Waals surface area contributed by atoms with Crippen LogP contribution in [0.2, 0.25) is 0 Å². The van der Waals surface area contributed by atoms with E-state index in [0.717, 1.165) is 37.0 Å². The van der Waals surface area contributed by atoms with Gasteiger partial charge in [-0.15, -0.1) is 0 Å². The molecule has 0 bridgehead atoms. The first-order chi connectivity index (χ1) is 9.31. The van der Waals surface area contributed by atoms with E-state index in [9.17, 15) is 4.79 Å². The predicted octanol–water partition coefficient (Wildman–Crippen LogP) is 2.73. The standard InChI is InChI=1S/C15H20N2O2/c1-19-14-10-6-5-9-13(14)11-16-17-15(18)12-7-3-2-4-8-12/h5-6,9-12H,2-4,7-8H2,1H3,(H,17,18). The summed E-state index contributed by atoms with van der Waals surface area (Å²) in [5, 5.41) is 4.02. The summed E-state index contributed by atoms with van der Waals surface area (Å²) < 4.78 is 5.22. The third-order valence-electron chi connectivity index (χ3n) is 3.49. The number of nitrogens with one attached hydrogen (secondary N) is 1. The highest BCUT2D eigenvalue weighted by atomic mass is 16.5. The van der Waals surface area contributed by atoms with Crippen molar-refractivity contribution in [2.45, 2.75) is 32.1 Å². The van der Waals surface area contributed by atoms with Gasteiger partial charge in [-0.3, -0.25) is 4.79 Å². The highest BCUT2D eigenvalue weighted by molar-refractivity contribution is 5.85. The third kappa shape index (κ3) is 3.81. The Bertz CT molecular complexity index is 451. The van der Waals surface area contributed by atoms with Gasteiger partial charge < -0.3 is 4.74 Å². The third-order valence-corrected chi connectivity index (χ3v) is 3.49. The number of ether oxygens (including phenoxy) is 1. The molecule has 1 saturated carbocycles. The van der Waals surface area contributed by atoms with Crippen molar-refractivity contribution in [2.75, 3.05) is 7.11 Å². The van der Waals surface area contributed by atoms with E-state index in [1.54, 1.807) is 13.3 Å². The minimum absolute atomic E-state index is 0.0332. The normalized spacial score (nSPS) is 16.5. The average molecular weight is 260 g/mol. The molecule has 0 radical (unpaired) electrons. The van der Waals surface area contributed by atoms with Gasteiger partial charge in [-0.25, -0.2) is 5.43 Å². The highest BCUT2D eigenvalue weighted by Gasteiger charge is 2.20. The van der Waals surface area contributed by atoms with Crippen molar-refractivity contribution in [3.8, 4) is 5.75 Å². The van der Waals surface area contributed by atoms with Crippen LogP contribution < -0.4 is 10.2 Å². The Morgan fingerprint density at radius 1 is 1.32 bits per heavy atom. The Morgan fingerprint density at radius 2 is 2.05 bits per heavy atom. The smallest absolute Gasteiger partial charge is 0.243 e. The van der Waals surface area contributed by atoms with E-state index in [1.165, 1.54) is 6.42 Å². The number of rotatable bonds is 4. The van der Waals surface area contributed by atoms with Crippen LogP contribution >= 0.6 is 0 Å². The van der Waals surface area contributed by atoms with Crippen molar-refractivity contribution in [3.05, 3.63) is 29.8 Å². The van der Waals surface area contributed by atoms with Crippen LogP contribution in [0.3, 0.4) is 0 Å². The van der Waals surface area contributed by atoms with Crippen molar-refractivity contribution in [1.82, 2.24) is 5.43 Å². The molecule has 1 aromatic rings. The van der Waals surface area contributed by atoms with Crippen molar-refractivity contribution >= 4 is 12.1 Å². The molecule has 1 aromatic carbocycles. The average Bonchev–Trinajstić information content (AvgIpc) is 2.48. The van der Waals surface area contributed by atoms with Gasteiger partial charge in [-0.2, -0.15) is 5.10 Å². The fraction of sp³-hybridized carbons (Fsp3) is 0.467. The molecular weight excluding hydrogens is 240 g/mol. The van der Waals surface area contributed by atoms with Crippen molar-refractivity contribution in [2.24, 2.45) is 11.0 Å². The van der Waals surface area contributed by atoms with Crippen LogP contribution in [0, 0.1) is 5.92 Å². The molecule has 1 aliphatic rings. The molecule has 1 aliphatic carbocycles. The maximum atomic E-state index is 11.9. The lowest BCUT2D eigenvalue weighted by Gasteiger charge is -2.19. The Kier molecular flexibility index (Phi) is 4.95. The van der Waals surface area contributed by atoms with E-state index < -0.39 is 0 Å². The number of amides is 1. The van der Waals surface area contributed by atoms with E-state index in [2.05, 4.69) is 10.5 Å². The molecule has 0 heterocycles. The van der Waals surface area contributed by atoms with Gasteiger partial charge in [0, 0.05) is 11.5 Å². The van der Waals surface area contributed by atoms with Crippen molar-refractivity contribution in [1.29, 1.82) is 0 Å². The number of carbonyl (C=O) groups excluding carboxylic acids is 1. The second-order valence-corrected chi connectivity index (χ2v) is 4.81. The molecule has 19 heavy (non-hydrogen) atoms. The number of hydrogen-bond donors (Lipinski definition) is 1. The first-order valence-electron chi connectivity index (χ1n) is 6.77. The van der Waals surface area contributed by atoms with Gasteiger partial charge in [0.15, 0.2) is 0 Å². The maximum Gasteiger partial charge on any atom is 0.243 e. The van der Waals surface area contributed by atoms with E-state index in [4.69, 9.17) is 4.74 Å². The number of hydrogen-bond acceptors (Lipinski definition) is 3. The number of methoxy groups -OCH3 is 1. The van der Waals surface area contributed by atoms with E-state index in [0.29, 0.717) is 0 Å². The molecule has 0 aliphatic heterocycles. The summed E-state index contributed by atoms with van der Waals surface area (Å²) >= 11 is 0. The second kappa shape index (κ2) is 6.92. The summed E-state index contributed by atoms with van der Waals surface area (Å²) in [6, 6.07) is 7.57. The van der Waals surface area contributed by atoms with E-state index >= 15 is 0 Å². The molecule has 0 saturated heterocycles. The molecule has 0 unspecified atom stereocenters. The summed E-state index contributed by atoms with van der Waals surface area (Å²) in [7, 11) is 1.62. The lowest BCUT2D eigenvalue weighted by Crippen LogP contribution is -2.28. The van der Waals surface area contributed by atoms with Gasteiger partial charge in [0.1, 0.15) is 5.75 Å². The fourth-order valence-electron chi connectivity index (χ4n) is 2.39.